The van der Waals surface area contributed by atoms with E-state index in [1.807, 2.05) is 6.07 Å². The van der Waals surface area contributed by atoms with Crippen molar-refractivity contribution in [1.82, 2.24) is 4.98 Å². The molecule has 8 nitrogen and oxygen atoms in total. The number of hydrogen-bond donors (Lipinski definition) is 2. The first-order valence-electron chi connectivity index (χ1n) is 8.79. The Morgan fingerprint density at radius 2 is 2.17 bits per heavy atom. The van der Waals surface area contributed by atoms with E-state index in [1.54, 1.807) is 31.2 Å². The zero-order valence-electron chi connectivity index (χ0n) is 15.9. The Bertz CT molecular complexity index is 1130. The van der Waals surface area contributed by atoms with Gasteiger partial charge in [-0.3, -0.25) is 4.79 Å². The number of allylic oxidation sites excluding steroid dienone is 1. The number of esters is 1. The van der Waals surface area contributed by atoms with Gasteiger partial charge in [0.2, 0.25) is 6.54 Å². The summed E-state index contributed by atoms with van der Waals surface area (Å²) in [7, 11) is 1.46. The molecule has 0 radical (unpaired) electrons. The summed E-state index contributed by atoms with van der Waals surface area (Å²) >= 11 is 0. The molecule has 0 spiro atoms. The average molecular weight is 390 g/mol. The molecule has 1 atom stereocenters. The predicted molar refractivity (Wildman–Crippen MR) is 105 cm³/mol. The number of fused-ring (bicyclic) bond motifs is 1. The predicted octanol–water partition coefficient (Wildman–Crippen LogP) is 2.55. The molecule has 146 valence electrons. The van der Waals surface area contributed by atoms with E-state index in [-0.39, 0.29) is 24.3 Å². The number of carbonyl (C=O) groups is 1. The van der Waals surface area contributed by atoms with Crippen molar-refractivity contribution in [1.29, 1.82) is 5.26 Å². The molecule has 29 heavy (non-hydrogen) atoms. The number of aromatic nitrogens is 1. The largest absolute Gasteiger partial charge is 0.496 e. The zero-order valence-corrected chi connectivity index (χ0v) is 15.9. The van der Waals surface area contributed by atoms with Crippen molar-refractivity contribution in [3.05, 3.63) is 80.2 Å². The fourth-order valence-corrected chi connectivity index (χ4v) is 3.38. The zero-order chi connectivity index (χ0) is 21.0. The summed E-state index contributed by atoms with van der Waals surface area (Å²) in [6.07, 6.45) is 1.52. The van der Waals surface area contributed by atoms with Gasteiger partial charge in [0.05, 0.1) is 35.8 Å². The first kappa shape index (κ1) is 19.7. The molecule has 3 rings (SSSR count). The van der Waals surface area contributed by atoms with Crippen LogP contribution < -0.4 is 15.6 Å². The van der Waals surface area contributed by atoms with E-state index in [4.69, 9.17) is 16.0 Å². The van der Waals surface area contributed by atoms with Crippen LogP contribution in [-0.2, 0) is 9.53 Å². The number of hydrogen-bond acceptors (Lipinski definition) is 6. The lowest BCUT2D eigenvalue weighted by Gasteiger charge is -2.30. The number of anilines is 1. The Hall–Kier alpha value is -4.04. The number of carbonyl (C=O) groups excluding carboxylic acids is 1. The number of ether oxygens (including phenoxy) is 2. The maximum absolute atomic E-state index is 12.9. The van der Waals surface area contributed by atoms with Crippen molar-refractivity contribution >= 4 is 11.7 Å². The van der Waals surface area contributed by atoms with Crippen LogP contribution >= 0.6 is 0 Å². The van der Waals surface area contributed by atoms with Gasteiger partial charge >= 0.3 is 5.97 Å². The SMILES string of the molecule is [C-]#[N+]CCOC(=O)C1=C(C)Nc2cc[nH]c(=O)c2C1c1ccc(C#N)cc1OC. The maximum atomic E-state index is 12.9. The number of benzene rings is 1. The number of nitrogens with one attached hydrogen (secondary N) is 2. The number of nitriles is 1. The first-order valence-corrected chi connectivity index (χ1v) is 8.79. The Kier molecular flexibility index (Phi) is 5.66. The van der Waals surface area contributed by atoms with Crippen molar-refractivity contribution < 1.29 is 14.3 Å². The van der Waals surface area contributed by atoms with E-state index in [9.17, 15) is 14.9 Å². The van der Waals surface area contributed by atoms with Crippen LogP contribution in [0.3, 0.4) is 0 Å². The molecule has 1 aliphatic heterocycles. The minimum absolute atomic E-state index is 0.0473. The number of aromatic amines is 1. The molecule has 0 amide bonds. The van der Waals surface area contributed by atoms with Crippen LogP contribution in [0.4, 0.5) is 5.69 Å². The number of nitrogens with zero attached hydrogens (tertiary/aromatic N) is 2. The smallest absolute Gasteiger partial charge is 0.337 e. The second-order valence-electron chi connectivity index (χ2n) is 6.32. The van der Waals surface area contributed by atoms with Gasteiger partial charge in [-0.2, -0.15) is 5.26 Å². The van der Waals surface area contributed by atoms with Crippen LogP contribution in [0.2, 0.25) is 0 Å². The van der Waals surface area contributed by atoms with Crippen LogP contribution in [0.5, 0.6) is 5.75 Å². The minimum Gasteiger partial charge on any atom is -0.496 e. The third-order valence-corrected chi connectivity index (χ3v) is 4.63. The highest BCUT2D eigenvalue weighted by Gasteiger charge is 2.36. The van der Waals surface area contributed by atoms with E-state index in [0.717, 1.165) is 0 Å². The summed E-state index contributed by atoms with van der Waals surface area (Å²) in [6, 6.07) is 8.60. The van der Waals surface area contributed by atoms with Crippen LogP contribution in [0.15, 0.2) is 46.5 Å². The van der Waals surface area contributed by atoms with Gasteiger partial charge in [-0.05, 0) is 25.1 Å². The fraction of sp³-hybridized carbons (Fsp3) is 0.238. The quantitative estimate of drug-likeness (QED) is 0.461. The summed E-state index contributed by atoms with van der Waals surface area (Å²) in [4.78, 5) is 31.4. The van der Waals surface area contributed by atoms with E-state index < -0.39 is 11.9 Å². The third-order valence-electron chi connectivity index (χ3n) is 4.63. The maximum Gasteiger partial charge on any atom is 0.337 e. The summed E-state index contributed by atoms with van der Waals surface area (Å²) in [5, 5.41) is 12.3. The minimum atomic E-state index is -0.765. The van der Waals surface area contributed by atoms with Crippen molar-refractivity contribution in [2.45, 2.75) is 12.8 Å². The Morgan fingerprint density at radius 3 is 2.86 bits per heavy atom. The normalized spacial score (nSPS) is 14.8. The van der Waals surface area contributed by atoms with Gasteiger partial charge in [-0.15, -0.1) is 0 Å². The van der Waals surface area contributed by atoms with Crippen molar-refractivity contribution in [3.8, 4) is 11.8 Å². The van der Waals surface area contributed by atoms with E-state index in [2.05, 4.69) is 15.1 Å². The molecule has 0 bridgehead atoms. The van der Waals surface area contributed by atoms with E-state index in [0.29, 0.717) is 33.8 Å². The highest BCUT2D eigenvalue weighted by molar-refractivity contribution is 5.95. The molecule has 8 heteroatoms. The second-order valence-corrected chi connectivity index (χ2v) is 6.32. The molecular weight excluding hydrogens is 372 g/mol. The van der Waals surface area contributed by atoms with E-state index in [1.165, 1.54) is 13.3 Å². The average Bonchev–Trinajstić information content (AvgIpc) is 2.72. The highest BCUT2D eigenvalue weighted by Crippen LogP contribution is 2.43. The lowest BCUT2D eigenvalue weighted by molar-refractivity contribution is -0.138. The van der Waals surface area contributed by atoms with Gasteiger partial charge < -0.3 is 24.6 Å². The lowest BCUT2D eigenvalue weighted by Crippen LogP contribution is -2.30. The van der Waals surface area contributed by atoms with Gasteiger partial charge in [0.15, 0.2) is 6.61 Å². The summed E-state index contributed by atoms with van der Waals surface area (Å²) < 4.78 is 10.7. The molecule has 0 saturated carbocycles. The Labute approximate surface area is 167 Å². The molecule has 1 unspecified atom stereocenters. The molecule has 1 aliphatic rings. The van der Waals surface area contributed by atoms with Crippen molar-refractivity contribution in [3.63, 3.8) is 0 Å². The summed E-state index contributed by atoms with van der Waals surface area (Å²) in [5.41, 5.74) is 2.30. The topological polar surface area (TPSA) is 109 Å². The molecular formula is C21H18N4O4. The van der Waals surface area contributed by atoms with E-state index >= 15 is 0 Å². The molecule has 2 aromatic rings. The summed E-state index contributed by atoms with van der Waals surface area (Å²) in [5.74, 6) is -1.01. The Balaban J connectivity index is 2.22. The Morgan fingerprint density at radius 1 is 1.38 bits per heavy atom. The number of pyridine rings is 1. The number of H-pyrrole nitrogens is 1. The number of methoxy groups -OCH3 is 1. The standard InChI is InChI=1S/C21H18N4O4/c1-12-17(21(27)29-9-8-23-2)18(19-15(25-12)6-7-24-20(19)26)14-5-4-13(11-22)10-16(14)28-3/h4-7,10,18,25H,8-9H2,1,3H3,(H,24,26). The van der Waals surface area contributed by atoms with Gasteiger partial charge in [-0.25, -0.2) is 11.4 Å². The molecule has 1 aromatic carbocycles. The molecule has 0 saturated heterocycles. The third kappa shape index (κ3) is 3.69. The van der Waals surface area contributed by atoms with Gasteiger partial charge in [0.25, 0.3) is 5.56 Å². The lowest BCUT2D eigenvalue weighted by atomic mass is 9.80. The molecule has 0 fully saturated rings. The van der Waals surface area contributed by atoms with Gasteiger partial charge in [0.1, 0.15) is 5.75 Å². The molecule has 0 aliphatic carbocycles. The van der Waals surface area contributed by atoms with Crippen LogP contribution in [0, 0.1) is 17.9 Å². The van der Waals surface area contributed by atoms with Crippen molar-refractivity contribution in [2.75, 3.05) is 25.6 Å². The van der Waals surface area contributed by atoms with Crippen LogP contribution in [0.1, 0.15) is 29.5 Å². The van der Waals surface area contributed by atoms with Crippen LogP contribution in [0.25, 0.3) is 4.85 Å². The van der Waals surface area contributed by atoms with Crippen LogP contribution in [-0.4, -0.2) is 31.2 Å². The molecule has 2 N–H and O–H groups in total. The van der Waals surface area contributed by atoms with Crippen molar-refractivity contribution in [2.24, 2.45) is 0 Å². The van der Waals surface area contributed by atoms with Gasteiger partial charge in [-0.1, -0.05) is 6.07 Å². The summed E-state index contributed by atoms with van der Waals surface area (Å²) in [6.45, 7) is 8.57. The first-order chi connectivity index (χ1) is 14.0. The fourth-order valence-electron chi connectivity index (χ4n) is 3.38. The highest BCUT2D eigenvalue weighted by atomic mass is 16.5. The second kappa shape index (κ2) is 8.32. The molecule has 1 aromatic heterocycles. The number of rotatable bonds is 5. The monoisotopic (exact) mass is 390 g/mol. The molecule has 2 heterocycles. The van der Waals surface area contributed by atoms with Gasteiger partial charge in [0, 0.05) is 23.1 Å².